The van der Waals surface area contributed by atoms with Crippen molar-refractivity contribution in [2.24, 2.45) is 0 Å². The molecule has 0 amide bonds. The molecule has 1 heterocycles. The first-order valence-electron chi connectivity index (χ1n) is 47.8. The van der Waals surface area contributed by atoms with Crippen molar-refractivity contribution in [2.75, 3.05) is 0 Å². The van der Waals surface area contributed by atoms with Gasteiger partial charge in [0, 0.05) is 141 Å². The maximum absolute atomic E-state index is 3.62. The second-order valence-corrected chi connectivity index (χ2v) is 54.9. The van der Waals surface area contributed by atoms with Crippen molar-refractivity contribution in [1.29, 1.82) is 0 Å². The Morgan fingerprint density at radius 1 is 0.192 bits per heavy atom. The van der Waals surface area contributed by atoms with Gasteiger partial charge in [-0.05, 0) is 437 Å². The molecular formula is C130H98Br2I6S8. The standard InChI is InChI=1S/4C21H17IS.C18H11BrS2.C16H11IS.C12H8BrIS/c1-21(2)16-10-4-3-8-14(16)15-9-7-13-19(20(15)21)23-18-12-6-5-11-17(18)22;1-21(2)15-9-4-3-8-14(15)20-16(21)10-7-13-19(20)23-18-12-6-5-11-17(18)22;1-21(2)17-8-4-3-7-15(17)16-13-14(11-12-18(16)21)23-20-10-6-5-9-19(20)22;1-21(2)17-8-4-3-7-15(17)16-12-11-14(13-18(16)21)23-20-10-6-5-9-19(20)22;19-15-6-2-4-8-18(15)20-12-9-10-17-14(11-12)13-5-1-3-7-16(13)21-17;17-15-7-3-4-8-16(15)18-14-10-9-12-5-1-2-6-13(12)11-14;13-9-5-1-3-7-11(9)15-12-8-4-2-6-10(12)14/h4*3-13H,1-2H3;1-11H;1-11H;1-8H. The average molecular weight is 2840 g/mol. The minimum atomic E-state index is 0.0513. The predicted octanol–water partition coefficient (Wildman–Crippen LogP) is 44.8. The van der Waals surface area contributed by atoms with Gasteiger partial charge in [0.15, 0.2) is 0 Å². The maximum Gasteiger partial charge on any atom is 0.0356 e. The van der Waals surface area contributed by atoms with E-state index >= 15 is 0 Å². The third-order valence-electron chi connectivity index (χ3n) is 26.6. The summed E-state index contributed by atoms with van der Waals surface area (Å²) in [7, 11) is 0. The van der Waals surface area contributed by atoms with E-state index in [4.69, 9.17) is 0 Å². The van der Waals surface area contributed by atoms with Crippen LogP contribution in [-0.4, -0.2) is 0 Å². The highest BCUT2D eigenvalue weighted by molar-refractivity contribution is 14.1. The van der Waals surface area contributed by atoms with Crippen LogP contribution in [0.25, 0.3) is 75.5 Å². The fourth-order valence-corrected chi connectivity index (χ4v) is 32.3. The maximum atomic E-state index is 3.62. The molecule has 4 aliphatic rings. The third-order valence-corrected chi connectivity index (χ3v) is 45.1. The molecule has 4 aliphatic carbocycles. The molecule has 21 aromatic rings. The summed E-state index contributed by atoms with van der Waals surface area (Å²) in [4.78, 5) is 18.3. The van der Waals surface area contributed by atoms with Crippen molar-refractivity contribution in [3.63, 3.8) is 0 Å². The Labute approximate surface area is 992 Å². The van der Waals surface area contributed by atoms with E-state index in [1.165, 1.54) is 210 Å². The largest absolute Gasteiger partial charge is 0.135 e. The molecule has 146 heavy (non-hydrogen) atoms. The molecule has 0 saturated heterocycles. The van der Waals surface area contributed by atoms with Crippen LogP contribution in [0.4, 0.5) is 0 Å². The van der Waals surface area contributed by atoms with Gasteiger partial charge in [0.05, 0.1) is 0 Å². The Morgan fingerprint density at radius 2 is 0.500 bits per heavy atom. The smallest absolute Gasteiger partial charge is 0.0356 e. The van der Waals surface area contributed by atoms with Gasteiger partial charge in [0.25, 0.3) is 0 Å². The van der Waals surface area contributed by atoms with Crippen molar-refractivity contribution in [2.45, 2.75) is 146 Å². The predicted molar refractivity (Wildman–Crippen MR) is 691 cm³/mol. The molecule has 0 N–H and O–H groups in total. The van der Waals surface area contributed by atoms with Crippen LogP contribution in [0.2, 0.25) is 0 Å². The molecule has 0 radical (unpaired) electrons. The van der Waals surface area contributed by atoms with Gasteiger partial charge < -0.3 is 0 Å². The molecule has 1 aromatic heterocycles. The van der Waals surface area contributed by atoms with E-state index in [-0.39, 0.29) is 21.7 Å². The molecular weight excluding hydrogens is 2740 g/mol. The Morgan fingerprint density at radius 3 is 1.03 bits per heavy atom. The molecule has 16 heteroatoms. The number of thiophene rings is 1. The minimum Gasteiger partial charge on any atom is -0.135 e. The summed E-state index contributed by atoms with van der Waals surface area (Å²) in [6.45, 7) is 18.7. The summed E-state index contributed by atoms with van der Waals surface area (Å²) >= 11 is 36.3. The SMILES string of the molecule is Brc1ccccc1Sc1ccc2sc3ccccc3c2c1.Brc1ccccc1Sc1ccccc1I.CC1(C)c2ccccc2-c2c(Sc3ccccc3I)cccc21.CC1(C)c2ccccc2-c2cc(Sc3ccccc3I)ccc21.CC1(C)c2ccccc2-c2ccc(Sc3ccccc3I)cc21.CC1(C)c2ccccc2-c2cccc(Sc3ccccc3I)c21.Ic1ccccc1Sc1ccc2ccccc2c1. The van der Waals surface area contributed by atoms with E-state index in [9.17, 15) is 0 Å². The van der Waals surface area contributed by atoms with Crippen molar-refractivity contribution >= 4 is 292 Å². The van der Waals surface area contributed by atoms with Crippen LogP contribution in [0.15, 0.2) is 526 Å². The summed E-state index contributed by atoms with van der Waals surface area (Å²) in [6.07, 6.45) is 0. The van der Waals surface area contributed by atoms with Gasteiger partial charge >= 0.3 is 0 Å². The van der Waals surface area contributed by atoms with Crippen LogP contribution in [-0.2, 0) is 21.7 Å². The van der Waals surface area contributed by atoms with Crippen LogP contribution in [0, 0.1) is 21.4 Å². The van der Waals surface area contributed by atoms with Crippen LogP contribution in [0.3, 0.4) is 0 Å². The van der Waals surface area contributed by atoms with Crippen LogP contribution >= 0.6 is 261 Å². The number of fused-ring (bicyclic) bond motifs is 16. The second kappa shape index (κ2) is 48.3. The first-order valence-corrected chi connectivity index (χ1v) is 62.4. The topological polar surface area (TPSA) is 0 Å². The lowest BCUT2D eigenvalue weighted by atomic mass is 9.82. The molecule has 20 aromatic carbocycles. The number of rotatable bonds is 14. The molecule has 0 unspecified atom stereocenters. The highest BCUT2D eigenvalue weighted by Crippen LogP contribution is 2.58. The first kappa shape index (κ1) is 107. The fourth-order valence-electron chi connectivity index (χ4n) is 19.3. The lowest BCUT2D eigenvalue weighted by Gasteiger charge is -2.24. The molecule has 0 bridgehead atoms. The Hall–Kier alpha value is -7.33. The highest BCUT2D eigenvalue weighted by atomic mass is 127. The number of hydrogen-bond acceptors (Lipinski definition) is 8. The van der Waals surface area contributed by atoms with E-state index in [0.29, 0.717) is 0 Å². The number of halogens is 8. The van der Waals surface area contributed by atoms with Crippen molar-refractivity contribution in [3.8, 4) is 44.5 Å². The molecule has 0 nitrogen and oxygen atoms in total. The van der Waals surface area contributed by atoms with Gasteiger partial charge in [-0.2, -0.15) is 0 Å². The molecule has 0 fully saturated rings. The van der Waals surface area contributed by atoms with Crippen LogP contribution in [0.1, 0.15) is 99.9 Å². The molecule has 722 valence electrons. The van der Waals surface area contributed by atoms with Gasteiger partial charge in [0.1, 0.15) is 0 Å². The van der Waals surface area contributed by atoms with E-state index in [0.717, 1.165) is 8.95 Å². The minimum absolute atomic E-state index is 0.0513. The second-order valence-electron chi connectivity index (χ2n) is 37.4. The normalized spacial score (nSPS) is 13.1. The number of hydrogen-bond donors (Lipinski definition) is 0. The zero-order chi connectivity index (χ0) is 101. The Kier molecular flexibility index (Phi) is 35.4. The van der Waals surface area contributed by atoms with E-state index in [1.807, 2.05) is 82.3 Å². The Balaban J connectivity index is 0.000000108. The van der Waals surface area contributed by atoms with E-state index < -0.39 is 0 Å². The van der Waals surface area contributed by atoms with Crippen molar-refractivity contribution in [1.82, 2.24) is 0 Å². The van der Waals surface area contributed by atoms with Gasteiger partial charge in [-0.25, -0.2) is 0 Å². The zero-order valence-corrected chi connectivity index (χ0v) is 104. The third kappa shape index (κ3) is 24.2. The van der Waals surface area contributed by atoms with Crippen LogP contribution in [0.5, 0.6) is 0 Å². The molecule has 0 saturated carbocycles. The lowest BCUT2D eigenvalue weighted by Crippen LogP contribution is -2.16. The fraction of sp³-hybridized carbons (Fsp3) is 0.0923. The average Bonchev–Trinajstić information content (AvgIpc) is 1.62. The van der Waals surface area contributed by atoms with E-state index in [2.05, 4.69) is 660 Å². The lowest BCUT2D eigenvalue weighted by molar-refractivity contribution is 0.647. The van der Waals surface area contributed by atoms with Gasteiger partial charge in [-0.15, -0.1) is 11.3 Å². The van der Waals surface area contributed by atoms with Gasteiger partial charge in [0.2, 0.25) is 0 Å². The van der Waals surface area contributed by atoms with Gasteiger partial charge in [-0.3, -0.25) is 0 Å². The summed E-state index contributed by atoms with van der Waals surface area (Å²) in [5.74, 6) is 0. The quantitative estimate of drug-likeness (QED) is 0.0983. The summed E-state index contributed by atoms with van der Waals surface area (Å²) in [6, 6.07) is 161. The van der Waals surface area contributed by atoms with Crippen molar-refractivity contribution in [3.05, 3.63) is 524 Å². The summed E-state index contributed by atoms with van der Waals surface area (Å²) in [5.41, 5.74) is 23.0. The van der Waals surface area contributed by atoms with Crippen molar-refractivity contribution < 1.29 is 0 Å². The zero-order valence-electron chi connectivity index (χ0n) is 81.0. The Bertz CT molecular complexity index is 8340. The molecule has 0 spiro atoms. The molecule has 0 atom stereocenters. The first-order chi connectivity index (χ1) is 70.7. The molecule has 25 rings (SSSR count). The monoisotopic (exact) mass is 2830 g/mol. The highest BCUT2D eigenvalue weighted by Gasteiger charge is 2.41. The van der Waals surface area contributed by atoms with E-state index in [1.54, 1.807) is 23.5 Å². The molecule has 0 aliphatic heterocycles. The summed E-state index contributed by atoms with van der Waals surface area (Å²) in [5, 5.41) is 5.30. The van der Waals surface area contributed by atoms with Crippen LogP contribution < -0.4 is 0 Å². The van der Waals surface area contributed by atoms with Gasteiger partial charge in [-0.1, -0.05) is 417 Å². The number of benzene rings is 20. The summed E-state index contributed by atoms with van der Waals surface area (Å²) < 4.78 is 12.8.